The van der Waals surface area contributed by atoms with Gasteiger partial charge in [0.05, 0.1) is 0 Å². The average molecular weight is 270 g/mol. The SMILES string of the molecule is CN(Cc1ccccc1CN)C(=O)Oc1ccccc1. The number of carbonyl (C=O) groups excluding carboxylic acids is 1. The third-order valence-corrected chi connectivity index (χ3v) is 3.01. The fourth-order valence-electron chi connectivity index (χ4n) is 1.90. The Morgan fingerprint density at radius 3 is 2.30 bits per heavy atom. The number of carbonyl (C=O) groups is 1. The van der Waals surface area contributed by atoms with Gasteiger partial charge in [-0.15, -0.1) is 0 Å². The maximum Gasteiger partial charge on any atom is 0.415 e. The van der Waals surface area contributed by atoms with E-state index in [-0.39, 0.29) is 6.09 Å². The Morgan fingerprint density at radius 1 is 1.05 bits per heavy atom. The molecule has 0 fully saturated rings. The lowest BCUT2D eigenvalue weighted by atomic mass is 10.1. The molecule has 1 amide bonds. The van der Waals surface area contributed by atoms with Gasteiger partial charge in [-0.05, 0) is 23.3 Å². The van der Waals surface area contributed by atoms with Crippen LogP contribution in [0.4, 0.5) is 4.79 Å². The zero-order chi connectivity index (χ0) is 14.4. The lowest BCUT2D eigenvalue weighted by Crippen LogP contribution is -2.29. The van der Waals surface area contributed by atoms with Crippen molar-refractivity contribution in [1.29, 1.82) is 0 Å². The second kappa shape index (κ2) is 6.73. The van der Waals surface area contributed by atoms with E-state index in [9.17, 15) is 4.79 Å². The first kappa shape index (κ1) is 14.1. The van der Waals surface area contributed by atoms with Crippen molar-refractivity contribution in [2.24, 2.45) is 5.73 Å². The summed E-state index contributed by atoms with van der Waals surface area (Å²) >= 11 is 0. The summed E-state index contributed by atoms with van der Waals surface area (Å²) in [5.74, 6) is 0.538. The molecule has 0 heterocycles. The third kappa shape index (κ3) is 3.59. The fourth-order valence-corrected chi connectivity index (χ4v) is 1.90. The second-order valence-electron chi connectivity index (χ2n) is 4.51. The minimum absolute atomic E-state index is 0.386. The lowest BCUT2D eigenvalue weighted by Gasteiger charge is -2.18. The summed E-state index contributed by atoms with van der Waals surface area (Å²) in [6, 6.07) is 16.8. The number of para-hydroxylation sites is 1. The number of benzene rings is 2. The minimum atomic E-state index is -0.386. The molecule has 0 aliphatic carbocycles. The molecule has 0 saturated carbocycles. The monoisotopic (exact) mass is 270 g/mol. The van der Waals surface area contributed by atoms with E-state index in [1.54, 1.807) is 19.2 Å². The summed E-state index contributed by atoms with van der Waals surface area (Å²) in [4.78, 5) is 13.5. The molecule has 2 aromatic rings. The highest BCUT2D eigenvalue weighted by Gasteiger charge is 2.12. The van der Waals surface area contributed by atoms with Crippen molar-refractivity contribution in [3.8, 4) is 5.75 Å². The number of hydrogen-bond donors (Lipinski definition) is 1. The van der Waals surface area contributed by atoms with E-state index < -0.39 is 0 Å². The summed E-state index contributed by atoms with van der Waals surface area (Å²) in [7, 11) is 1.71. The number of hydrogen-bond acceptors (Lipinski definition) is 3. The maximum absolute atomic E-state index is 12.0. The Balaban J connectivity index is 2.01. The van der Waals surface area contributed by atoms with E-state index in [4.69, 9.17) is 10.5 Å². The van der Waals surface area contributed by atoms with Gasteiger partial charge < -0.3 is 15.4 Å². The Kier molecular flexibility index (Phi) is 4.74. The molecule has 2 aromatic carbocycles. The van der Waals surface area contributed by atoms with Crippen LogP contribution in [0.25, 0.3) is 0 Å². The maximum atomic E-state index is 12.0. The zero-order valence-electron chi connectivity index (χ0n) is 11.5. The number of ether oxygens (including phenoxy) is 1. The van der Waals surface area contributed by atoms with E-state index in [1.807, 2.05) is 42.5 Å². The van der Waals surface area contributed by atoms with Crippen molar-refractivity contribution in [3.63, 3.8) is 0 Å². The molecular formula is C16H18N2O2. The van der Waals surface area contributed by atoms with E-state index in [0.717, 1.165) is 11.1 Å². The van der Waals surface area contributed by atoms with Crippen LogP contribution in [0.2, 0.25) is 0 Å². The molecule has 0 spiro atoms. The molecule has 0 aromatic heterocycles. The number of rotatable bonds is 4. The molecule has 0 atom stereocenters. The molecule has 4 heteroatoms. The van der Waals surface area contributed by atoms with E-state index in [0.29, 0.717) is 18.8 Å². The largest absolute Gasteiger partial charge is 0.415 e. The minimum Gasteiger partial charge on any atom is -0.410 e. The highest BCUT2D eigenvalue weighted by Crippen LogP contribution is 2.13. The molecule has 0 radical (unpaired) electrons. The van der Waals surface area contributed by atoms with Crippen molar-refractivity contribution >= 4 is 6.09 Å². The molecule has 20 heavy (non-hydrogen) atoms. The molecular weight excluding hydrogens is 252 g/mol. The first-order chi connectivity index (χ1) is 9.70. The molecule has 2 N–H and O–H groups in total. The van der Waals surface area contributed by atoms with Gasteiger partial charge in [0, 0.05) is 20.1 Å². The number of nitrogens with zero attached hydrogens (tertiary/aromatic N) is 1. The molecule has 0 unspecified atom stereocenters. The number of nitrogens with two attached hydrogens (primary N) is 1. The summed E-state index contributed by atoms with van der Waals surface area (Å²) in [5.41, 5.74) is 7.76. The van der Waals surface area contributed by atoms with Crippen LogP contribution in [-0.4, -0.2) is 18.0 Å². The highest BCUT2D eigenvalue weighted by atomic mass is 16.6. The Hall–Kier alpha value is -2.33. The van der Waals surface area contributed by atoms with Gasteiger partial charge in [0.1, 0.15) is 5.75 Å². The van der Waals surface area contributed by atoms with Crippen LogP contribution >= 0.6 is 0 Å². The van der Waals surface area contributed by atoms with Gasteiger partial charge in [0.25, 0.3) is 0 Å². The van der Waals surface area contributed by atoms with Crippen molar-refractivity contribution in [3.05, 3.63) is 65.7 Å². The van der Waals surface area contributed by atoms with Crippen LogP contribution in [0.5, 0.6) is 5.75 Å². The smallest absolute Gasteiger partial charge is 0.410 e. The first-order valence-corrected chi connectivity index (χ1v) is 6.45. The summed E-state index contributed by atoms with van der Waals surface area (Å²) in [5, 5.41) is 0. The van der Waals surface area contributed by atoms with Gasteiger partial charge in [0.2, 0.25) is 0 Å². The number of amides is 1. The lowest BCUT2D eigenvalue weighted by molar-refractivity contribution is 0.160. The summed E-state index contributed by atoms with van der Waals surface area (Å²) in [6.45, 7) is 0.927. The first-order valence-electron chi connectivity index (χ1n) is 6.45. The Morgan fingerprint density at radius 2 is 1.65 bits per heavy atom. The van der Waals surface area contributed by atoms with Gasteiger partial charge >= 0.3 is 6.09 Å². The molecule has 4 nitrogen and oxygen atoms in total. The predicted octanol–water partition coefficient (Wildman–Crippen LogP) is 2.78. The van der Waals surface area contributed by atoms with Gasteiger partial charge in [-0.1, -0.05) is 42.5 Å². The van der Waals surface area contributed by atoms with Crippen LogP contribution in [0.1, 0.15) is 11.1 Å². The molecule has 0 aliphatic heterocycles. The van der Waals surface area contributed by atoms with Crippen LogP contribution in [0.3, 0.4) is 0 Å². The molecule has 2 rings (SSSR count). The van der Waals surface area contributed by atoms with Crippen molar-refractivity contribution in [1.82, 2.24) is 4.90 Å². The molecule has 0 saturated heterocycles. The van der Waals surface area contributed by atoms with Crippen LogP contribution in [-0.2, 0) is 13.1 Å². The average Bonchev–Trinajstić information content (AvgIpc) is 2.48. The van der Waals surface area contributed by atoms with Crippen molar-refractivity contribution in [2.45, 2.75) is 13.1 Å². The molecule has 0 bridgehead atoms. The van der Waals surface area contributed by atoms with Gasteiger partial charge in [-0.25, -0.2) is 4.79 Å². The molecule has 0 aliphatic rings. The van der Waals surface area contributed by atoms with E-state index in [2.05, 4.69) is 0 Å². The van der Waals surface area contributed by atoms with E-state index in [1.165, 1.54) is 4.90 Å². The zero-order valence-corrected chi connectivity index (χ0v) is 11.5. The Bertz CT molecular complexity index is 570. The third-order valence-electron chi connectivity index (χ3n) is 3.01. The standard InChI is InChI=1S/C16H18N2O2/c1-18(12-14-8-6-5-7-13(14)11-17)16(19)20-15-9-3-2-4-10-15/h2-10H,11-12,17H2,1H3. The van der Waals surface area contributed by atoms with Crippen molar-refractivity contribution in [2.75, 3.05) is 7.05 Å². The van der Waals surface area contributed by atoms with Gasteiger partial charge in [-0.2, -0.15) is 0 Å². The quantitative estimate of drug-likeness (QED) is 0.929. The van der Waals surface area contributed by atoms with Crippen molar-refractivity contribution < 1.29 is 9.53 Å². The van der Waals surface area contributed by atoms with Crippen LogP contribution in [0, 0.1) is 0 Å². The second-order valence-corrected chi connectivity index (χ2v) is 4.51. The summed E-state index contributed by atoms with van der Waals surface area (Å²) < 4.78 is 5.28. The van der Waals surface area contributed by atoms with Gasteiger partial charge in [0.15, 0.2) is 0 Å². The van der Waals surface area contributed by atoms with Gasteiger partial charge in [-0.3, -0.25) is 0 Å². The predicted molar refractivity (Wildman–Crippen MR) is 78.3 cm³/mol. The topological polar surface area (TPSA) is 55.6 Å². The normalized spacial score (nSPS) is 10.1. The highest BCUT2D eigenvalue weighted by molar-refractivity contribution is 5.70. The fraction of sp³-hybridized carbons (Fsp3) is 0.188. The molecule has 104 valence electrons. The van der Waals surface area contributed by atoms with E-state index >= 15 is 0 Å². The summed E-state index contributed by atoms with van der Waals surface area (Å²) in [6.07, 6.45) is -0.386. The Labute approximate surface area is 118 Å². The van der Waals surface area contributed by atoms with Crippen LogP contribution in [0.15, 0.2) is 54.6 Å². The van der Waals surface area contributed by atoms with Crippen LogP contribution < -0.4 is 10.5 Å².